The average Bonchev–Trinajstić information content (AvgIpc) is 2.56. The molecule has 1 saturated heterocycles. The lowest BCUT2D eigenvalue weighted by atomic mass is 10.2. The summed E-state index contributed by atoms with van der Waals surface area (Å²) >= 11 is 0. The zero-order valence-electron chi connectivity index (χ0n) is 12.4. The molecule has 1 aliphatic rings. The monoisotopic (exact) mass is 312 g/mol. The van der Waals surface area contributed by atoms with E-state index in [1.165, 1.54) is 6.07 Å². The molecule has 0 unspecified atom stereocenters. The van der Waals surface area contributed by atoms with E-state index in [1.54, 1.807) is 23.1 Å². The first-order valence-corrected chi connectivity index (χ1v) is 7.31. The van der Waals surface area contributed by atoms with Gasteiger partial charge in [-0.05, 0) is 30.7 Å². The molecule has 0 atom stereocenters. The van der Waals surface area contributed by atoms with Gasteiger partial charge in [0.1, 0.15) is 5.69 Å². The minimum Gasteiger partial charge on any atom is -0.350 e. The van der Waals surface area contributed by atoms with E-state index in [2.05, 4.69) is 10.6 Å². The van der Waals surface area contributed by atoms with Crippen molar-refractivity contribution < 1.29 is 9.72 Å². The molecule has 2 amide bonds. The van der Waals surface area contributed by atoms with Crippen LogP contribution in [0.15, 0.2) is 48.5 Å². The highest BCUT2D eigenvalue weighted by Gasteiger charge is 2.19. The Bertz CT molecular complexity index is 748. The second-order valence-electron chi connectivity index (χ2n) is 5.19. The molecule has 7 heteroatoms. The number of urea groups is 1. The first-order chi connectivity index (χ1) is 11.1. The number of nitrogens with zero attached hydrogens (tertiary/aromatic N) is 2. The van der Waals surface area contributed by atoms with Crippen LogP contribution in [0.25, 0.3) is 0 Å². The average molecular weight is 312 g/mol. The number of benzene rings is 2. The molecule has 0 radical (unpaired) electrons. The first kappa shape index (κ1) is 14.8. The lowest BCUT2D eigenvalue weighted by molar-refractivity contribution is -0.383. The Morgan fingerprint density at radius 1 is 1.17 bits per heavy atom. The predicted octanol–water partition coefficient (Wildman–Crippen LogP) is 3.26. The van der Waals surface area contributed by atoms with Crippen molar-refractivity contribution in [2.45, 2.75) is 6.42 Å². The Kier molecular flexibility index (Phi) is 4.09. The van der Waals surface area contributed by atoms with E-state index in [1.807, 2.05) is 24.3 Å². The van der Waals surface area contributed by atoms with Gasteiger partial charge in [0.15, 0.2) is 0 Å². The number of anilines is 3. The van der Waals surface area contributed by atoms with Crippen molar-refractivity contribution in [3.8, 4) is 0 Å². The van der Waals surface area contributed by atoms with Gasteiger partial charge >= 0.3 is 6.03 Å². The number of carbonyl (C=O) groups excluding carboxylic acids is 1. The summed E-state index contributed by atoms with van der Waals surface area (Å²) in [7, 11) is 0. The highest BCUT2D eigenvalue weighted by atomic mass is 16.6. The van der Waals surface area contributed by atoms with Crippen LogP contribution in [0.1, 0.15) is 6.42 Å². The van der Waals surface area contributed by atoms with Crippen LogP contribution in [-0.4, -0.2) is 24.0 Å². The van der Waals surface area contributed by atoms with Crippen molar-refractivity contribution in [2.75, 3.05) is 23.3 Å². The number of amides is 2. The van der Waals surface area contributed by atoms with Gasteiger partial charge in [0.05, 0.1) is 4.92 Å². The number of hydrogen-bond acceptors (Lipinski definition) is 4. The fourth-order valence-electron chi connectivity index (χ4n) is 2.52. The Labute approximate surface area is 133 Å². The van der Waals surface area contributed by atoms with Gasteiger partial charge in [0.25, 0.3) is 5.69 Å². The van der Waals surface area contributed by atoms with Crippen molar-refractivity contribution in [1.82, 2.24) is 5.32 Å². The maximum absolute atomic E-state index is 11.9. The fourth-order valence-corrected chi connectivity index (χ4v) is 2.52. The van der Waals surface area contributed by atoms with E-state index >= 15 is 0 Å². The first-order valence-electron chi connectivity index (χ1n) is 7.31. The fraction of sp³-hybridized carbons (Fsp3) is 0.188. The number of para-hydroxylation sites is 2. The quantitative estimate of drug-likeness (QED) is 0.670. The summed E-state index contributed by atoms with van der Waals surface area (Å²) in [6, 6.07) is 13.6. The molecule has 23 heavy (non-hydrogen) atoms. The Hall–Kier alpha value is -3.09. The molecule has 1 fully saturated rings. The zero-order chi connectivity index (χ0) is 16.2. The van der Waals surface area contributed by atoms with Gasteiger partial charge in [-0.15, -0.1) is 0 Å². The van der Waals surface area contributed by atoms with Crippen LogP contribution in [-0.2, 0) is 0 Å². The normalized spacial score (nSPS) is 14.3. The van der Waals surface area contributed by atoms with Crippen LogP contribution in [0.3, 0.4) is 0 Å². The predicted molar refractivity (Wildman–Crippen MR) is 88.2 cm³/mol. The maximum Gasteiger partial charge on any atom is 0.321 e. The lowest BCUT2D eigenvalue weighted by Crippen LogP contribution is -2.46. The molecule has 2 aromatic rings. The molecule has 7 nitrogen and oxygen atoms in total. The molecule has 0 bridgehead atoms. The van der Waals surface area contributed by atoms with Gasteiger partial charge in [-0.25, -0.2) is 4.79 Å². The van der Waals surface area contributed by atoms with Crippen molar-refractivity contribution in [2.24, 2.45) is 0 Å². The van der Waals surface area contributed by atoms with Gasteiger partial charge in [0, 0.05) is 30.5 Å². The number of nitro benzene ring substituents is 1. The topological polar surface area (TPSA) is 87.5 Å². The summed E-state index contributed by atoms with van der Waals surface area (Å²) in [4.78, 5) is 24.2. The molecule has 1 aliphatic heterocycles. The smallest absolute Gasteiger partial charge is 0.321 e. The SMILES string of the molecule is O=C1NCCCN1c1cccc(Nc2ccccc2[N+](=O)[O-])c1. The van der Waals surface area contributed by atoms with Crippen LogP contribution in [0.4, 0.5) is 27.5 Å². The summed E-state index contributed by atoms with van der Waals surface area (Å²) in [6.07, 6.45) is 0.882. The van der Waals surface area contributed by atoms with Crippen LogP contribution in [0.2, 0.25) is 0 Å². The standard InChI is InChI=1S/C16H16N4O3/c21-16-17-9-4-10-19(16)13-6-3-5-12(11-13)18-14-7-1-2-8-15(14)20(22)23/h1-3,5-8,11,18H,4,9-10H2,(H,17,21). The van der Waals surface area contributed by atoms with Gasteiger partial charge < -0.3 is 10.6 Å². The summed E-state index contributed by atoms with van der Waals surface area (Å²) in [5.74, 6) is 0. The Balaban J connectivity index is 1.86. The molecule has 1 heterocycles. The van der Waals surface area contributed by atoms with Gasteiger partial charge in [-0.1, -0.05) is 18.2 Å². The van der Waals surface area contributed by atoms with E-state index < -0.39 is 4.92 Å². The summed E-state index contributed by atoms with van der Waals surface area (Å²) in [5, 5.41) is 16.9. The van der Waals surface area contributed by atoms with E-state index in [9.17, 15) is 14.9 Å². The molecular weight excluding hydrogens is 296 g/mol. The summed E-state index contributed by atoms with van der Waals surface area (Å²) < 4.78 is 0. The molecule has 0 spiro atoms. The van der Waals surface area contributed by atoms with Crippen molar-refractivity contribution in [1.29, 1.82) is 0 Å². The molecule has 0 aliphatic carbocycles. The second kappa shape index (κ2) is 6.35. The minimum atomic E-state index is -0.426. The third kappa shape index (κ3) is 3.23. The highest BCUT2D eigenvalue weighted by molar-refractivity contribution is 5.93. The Morgan fingerprint density at radius 2 is 2.00 bits per heavy atom. The third-order valence-corrected chi connectivity index (χ3v) is 3.62. The lowest BCUT2D eigenvalue weighted by Gasteiger charge is -2.27. The number of nitrogens with one attached hydrogen (secondary N) is 2. The highest BCUT2D eigenvalue weighted by Crippen LogP contribution is 2.29. The van der Waals surface area contributed by atoms with Gasteiger partial charge in [-0.2, -0.15) is 0 Å². The van der Waals surface area contributed by atoms with Crippen LogP contribution >= 0.6 is 0 Å². The molecule has 0 aromatic heterocycles. The van der Waals surface area contributed by atoms with Crippen LogP contribution in [0.5, 0.6) is 0 Å². The number of carbonyl (C=O) groups is 1. The van der Waals surface area contributed by atoms with E-state index in [0.29, 0.717) is 24.5 Å². The molecule has 3 rings (SSSR count). The second-order valence-corrected chi connectivity index (χ2v) is 5.19. The van der Waals surface area contributed by atoms with E-state index in [0.717, 1.165) is 12.1 Å². The van der Waals surface area contributed by atoms with Crippen LogP contribution in [0, 0.1) is 10.1 Å². The molecule has 0 saturated carbocycles. The van der Waals surface area contributed by atoms with E-state index in [-0.39, 0.29) is 11.7 Å². The molecular formula is C16H16N4O3. The largest absolute Gasteiger partial charge is 0.350 e. The van der Waals surface area contributed by atoms with E-state index in [4.69, 9.17) is 0 Å². The number of nitro groups is 1. The summed E-state index contributed by atoms with van der Waals surface area (Å²) in [5.41, 5.74) is 1.87. The van der Waals surface area contributed by atoms with Gasteiger partial charge in [-0.3, -0.25) is 15.0 Å². The van der Waals surface area contributed by atoms with Crippen molar-refractivity contribution in [3.63, 3.8) is 0 Å². The maximum atomic E-state index is 11.9. The third-order valence-electron chi connectivity index (χ3n) is 3.62. The number of hydrogen-bond donors (Lipinski definition) is 2. The molecule has 2 aromatic carbocycles. The Morgan fingerprint density at radius 3 is 2.78 bits per heavy atom. The zero-order valence-corrected chi connectivity index (χ0v) is 12.4. The molecule has 118 valence electrons. The summed E-state index contributed by atoms with van der Waals surface area (Å²) in [6.45, 7) is 1.34. The number of rotatable bonds is 4. The van der Waals surface area contributed by atoms with Crippen molar-refractivity contribution in [3.05, 3.63) is 58.6 Å². The minimum absolute atomic E-state index is 0.00798. The van der Waals surface area contributed by atoms with Crippen molar-refractivity contribution >= 4 is 28.8 Å². The van der Waals surface area contributed by atoms with Gasteiger partial charge in [0.2, 0.25) is 0 Å². The molecule has 2 N–H and O–H groups in total. The van der Waals surface area contributed by atoms with Crippen LogP contribution < -0.4 is 15.5 Å².